The molecule has 0 aliphatic carbocycles. The lowest BCUT2D eigenvalue weighted by molar-refractivity contribution is -0.133. The zero-order chi connectivity index (χ0) is 13.7. The third kappa shape index (κ3) is 4.34. The van der Waals surface area contributed by atoms with Crippen LogP contribution in [0.25, 0.3) is 0 Å². The SMILES string of the molecule is O=C(O)CSc1nnc(N=Cc2ccc(O)cc2)s1. The highest BCUT2D eigenvalue weighted by molar-refractivity contribution is 8.01. The Bertz CT molecular complexity index is 595. The third-order valence-electron chi connectivity index (χ3n) is 1.93. The van der Waals surface area contributed by atoms with Gasteiger partial charge in [-0.1, -0.05) is 23.1 Å². The Morgan fingerprint density at radius 3 is 2.79 bits per heavy atom. The van der Waals surface area contributed by atoms with E-state index in [2.05, 4.69) is 15.2 Å². The minimum atomic E-state index is -0.894. The van der Waals surface area contributed by atoms with Crippen molar-refractivity contribution in [3.05, 3.63) is 29.8 Å². The monoisotopic (exact) mass is 295 g/mol. The van der Waals surface area contributed by atoms with Gasteiger partial charge in [0.15, 0.2) is 4.34 Å². The van der Waals surface area contributed by atoms with Crippen LogP contribution in [0.4, 0.5) is 5.13 Å². The fraction of sp³-hybridized carbons (Fsp3) is 0.0909. The lowest BCUT2D eigenvalue weighted by atomic mass is 10.2. The Labute approximate surface area is 116 Å². The van der Waals surface area contributed by atoms with Crippen molar-refractivity contribution >= 4 is 40.4 Å². The van der Waals surface area contributed by atoms with E-state index in [1.807, 2.05) is 0 Å². The van der Waals surface area contributed by atoms with E-state index in [1.54, 1.807) is 30.5 Å². The molecule has 0 atom stereocenters. The molecule has 98 valence electrons. The maximum atomic E-state index is 10.4. The van der Waals surface area contributed by atoms with E-state index in [9.17, 15) is 4.79 Å². The van der Waals surface area contributed by atoms with Crippen LogP contribution >= 0.6 is 23.1 Å². The summed E-state index contributed by atoms with van der Waals surface area (Å²) < 4.78 is 0.570. The number of nitrogens with zero attached hydrogens (tertiary/aromatic N) is 3. The van der Waals surface area contributed by atoms with Crippen LogP contribution in [-0.4, -0.2) is 38.3 Å². The first-order valence-corrected chi connectivity index (χ1v) is 6.95. The van der Waals surface area contributed by atoms with Crippen molar-refractivity contribution in [2.24, 2.45) is 4.99 Å². The molecule has 2 rings (SSSR count). The fourth-order valence-corrected chi connectivity index (χ4v) is 2.53. The summed E-state index contributed by atoms with van der Waals surface area (Å²) >= 11 is 2.34. The van der Waals surface area contributed by atoms with E-state index < -0.39 is 5.97 Å². The molecular weight excluding hydrogens is 286 g/mol. The molecule has 1 aromatic heterocycles. The van der Waals surface area contributed by atoms with Crippen molar-refractivity contribution in [3.8, 4) is 5.75 Å². The highest BCUT2D eigenvalue weighted by Crippen LogP contribution is 2.27. The van der Waals surface area contributed by atoms with Crippen LogP contribution in [0.15, 0.2) is 33.6 Å². The molecule has 0 saturated carbocycles. The molecule has 2 N–H and O–H groups in total. The summed E-state index contributed by atoms with van der Waals surface area (Å²) in [5.41, 5.74) is 0.827. The van der Waals surface area contributed by atoms with E-state index >= 15 is 0 Å². The van der Waals surface area contributed by atoms with Crippen molar-refractivity contribution in [1.29, 1.82) is 0 Å². The Balaban J connectivity index is 1.99. The second-order valence-electron chi connectivity index (χ2n) is 3.38. The van der Waals surface area contributed by atoms with Gasteiger partial charge in [-0.15, -0.1) is 10.2 Å². The zero-order valence-electron chi connectivity index (χ0n) is 9.55. The van der Waals surface area contributed by atoms with Crippen LogP contribution < -0.4 is 0 Å². The number of carbonyl (C=O) groups is 1. The molecule has 0 bridgehead atoms. The smallest absolute Gasteiger partial charge is 0.313 e. The number of carboxylic acid groups (broad SMARTS) is 1. The molecule has 0 fully saturated rings. The van der Waals surface area contributed by atoms with E-state index in [4.69, 9.17) is 10.2 Å². The molecule has 0 aliphatic rings. The van der Waals surface area contributed by atoms with Gasteiger partial charge in [-0.3, -0.25) is 4.79 Å². The van der Waals surface area contributed by atoms with Gasteiger partial charge in [0.1, 0.15) is 5.75 Å². The highest BCUT2D eigenvalue weighted by Gasteiger charge is 2.05. The average molecular weight is 295 g/mol. The number of phenolic OH excluding ortho intramolecular Hbond substituents is 1. The zero-order valence-corrected chi connectivity index (χ0v) is 11.2. The van der Waals surface area contributed by atoms with Gasteiger partial charge in [0.2, 0.25) is 5.13 Å². The molecule has 8 heteroatoms. The number of aliphatic imine (C=N–C) groups is 1. The van der Waals surface area contributed by atoms with Crippen LogP contribution in [-0.2, 0) is 4.79 Å². The van der Waals surface area contributed by atoms with Gasteiger partial charge in [0, 0.05) is 6.21 Å². The number of hydrogen-bond donors (Lipinski definition) is 2. The number of benzene rings is 1. The van der Waals surface area contributed by atoms with Crippen LogP contribution in [0, 0.1) is 0 Å². The summed E-state index contributed by atoms with van der Waals surface area (Å²) in [7, 11) is 0. The molecule has 0 radical (unpaired) electrons. The minimum Gasteiger partial charge on any atom is -0.508 e. The van der Waals surface area contributed by atoms with E-state index in [-0.39, 0.29) is 11.5 Å². The van der Waals surface area contributed by atoms with Gasteiger partial charge in [0.25, 0.3) is 0 Å². The highest BCUT2D eigenvalue weighted by atomic mass is 32.2. The number of phenols is 1. The predicted octanol–water partition coefficient (Wildman–Crippen LogP) is 2.17. The molecule has 0 amide bonds. The first-order valence-electron chi connectivity index (χ1n) is 5.15. The molecule has 1 aromatic carbocycles. The third-order valence-corrected chi connectivity index (χ3v) is 3.88. The molecule has 2 aromatic rings. The number of aliphatic carboxylic acids is 1. The minimum absolute atomic E-state index is 0.0453. The molecular formula is C11H9N3O3S2. The Morgan fingerprint density at radius 2 is 2.11 bits per heavy atom. The average Bonchev–Trinajstić information content (AvgIpc) is 2.84. The van der Waals surface area contributed by atoms with Crippen molar-refractivity contribution in [1.82, 2.24) is 10.2 Å². The standard InChI is InChI=1S/C11H9N3O3S2/c15-8-3-1-7(2-4-8)5-12-10-13-14-11(19-10)18-6-9(16)17/h1-5,15H,6H2,(H,16,17). The maximum Gasteiger partial charge on any atom is 0.313 e. The lowest BCUT2D eigenvalue weighted by Crippen LogP contribution is -1.96. The molecule has 0 spiro atoms. The largest absolute Gasteiger partial charge is 0.508 e. The topological polar surface area (TPSA) is 95.7 Å². The van der Waals surface area contributed by atoms with Gasteiger partial charge in [-0.2, -0.15) is 0 Å². The first kappa shape index (κ1) is 13.5. The van der Waals surface area contributed by atoms with Gasteiger partial charge in [0.05, 0.1) is 5.75 Å². The summed E-state index contributed by atoms with van der Waals surface area (Å²) in [6.45, 7) is 0. The van der Waals surface area contributed by atoms with Gasteiger partial charge in [-0.05, 0) is 29.8 Å². The van der Waals surface area contributed by atoms with Crippen LogP contribution in [0.2, 0.25) is 0 Å². The van der Waals surface area contributed by atoms with Crippen molar-refractivity contribution < 1.29 is 15.0 Å². The van der Waals surface area contributed by atoms with Crippen molar-refractivity contribution in [2.75, 3.05) is 5.75 Å². The predicted molar refractivity (Wildman–Crippen MR) is 73.6 cm³/mol. The number of aromatic hydroxyl groups is 1. The normalized spacial score (nSPS) is 10.9. The summed E-state index contributed by atoms with van der Waals surface area (Å²) in [6.07, 6.45) is 1.60. The van der Waals surface area contributed by atoms with Crippen LogP contribution in [0.5, 0.6) is 5.75 Å². The van der Waals surface area contributed by atoms with Crippen molar-refractivity contribution in [2.45, 2.75) is 4.34 Å². The van der Waals surface area contributed by atoms with E-state index in [0.717, 1.165) is 17.3 Å². The van der Waals surface area contributed by atoms with Crippen LogP contribution in [0.3, 0.4) is 0 Å². The van der Waals surface area contributed by atoms with Gasteiger partial charge >= 0.3 is 5.97 Å². The Morgan fingerprint density at radius 1 is 1.37 bits per heavy atom. The first-order chi connectivity index (χ1) is 9.13. The molecule has 0 aliphatic heterocycles. The summed E-state index contributed by atoms with van der Waals surface area (Å²) in [4.78, 5) is 14.5. The molecule has 0 unspecified atom stereocenters. The summed E-state index contributed by atoms with van der Waals surface area (Å²) in [6, 6.07) is 6.57. The maximum absolute atomic E-state index is 10.4. The molecule has 6 nitrogen and oxygen atoms in total. The summed E-state index contributed by atoms with van der Waals surface area (Å²) in [5, 5.41) is 25.8. The number of aromatic nitrogens is 2. The van der Waals surface area contributed by atoms with Crippen molar-refractivity contribution in [3.63, 3.8) is 0 Å². The Kier molecular flexibility index (Phi) is 4.48. The number of rotatable bonds is 5. The Hall–Kier alpha value is -1.93. The number of hydrogen-bond acceptors (Lipinski definition) is 7. The molecule has 1 heterocycles. The number of thioether (sulfide) groups is 1. The summed E-state index contributed by atoms with van der Waals surface area (Å²) in [5.74, 6) is -0.745. The fourth-order valence-electron chi connectivity index (χ4n) is 1.13. The van der Waals surface area contributed by atoms with E-state index in [1.165, 1.54) is 11.3 Å². The van der Waals surface area contributed by atoms with E-state index in [0.29, 0.717) is 9.47 Å². The van der Waals surface area contributed by atoms with Gasteiger partial charge in [-0.25, -0.2) is 4.99 Å². The van der Waals surface area contributed by atoms with Crippen LogP contribution in [0.1, 0.15) is 5.56 Å². The second kappa shape index (κ2) is 6.30. The molecule has 0 saturated heterocycles. The van der Waals surface area contributed by atoms with Gasteiger partial charge < -0.3 is 10.2 Å². The lowest BCUT2D eigenvalue weighted by Gasteiger charge is -1.92. The second-order valence-corrected chi connectivity index (χ2v) is 5.56. The quantitative estimate of drug-likeness (QED) is 0.648. The molecule has 19 heavy (non-hydrogen) atoms. The number of carboxylic acids is 1.